The second-order valence-corrected chi connectivity index (χ2v) is 5.81. The summed E-state index contributed by atoms with van der Waals surface area (Å²) in [7, 11) is 0. The van der Waals surface area contributed by atoms with Crippen LogP contribution in [0, 0.1) is 18.3 Å². The highest BCUT2D eigenvalue weighted by molar-refractivity contribution is 5.85. The molecule has 4 nitrogen and oxygen atoms in total. The van der Waals surface area contributed by atoms with Crippen LogP contribution in [0.3, 0.4) is 0 Å². The molecule has 0 unspecified atom stereocenters. The van der Waals surface area contributed by atoms with Gasteiger partial charge in [-0.15, -0.1) is 12.4 Å². The second kappa shape index (κ2) is 4.58. The van der Waals surface area contributed by atoms with Crippen LogP contribution in [0.15, 0.2) is 4.52 Å². The molecule has 1 aromatic heterocycles. The Morgan fingerprint density at radius 3 is 2.47 bits per heavy atom. The normalized spacial score (nSPS) is 31.2. The summed E-state index contributed by atoms with van der Waals surface area (Å²) in [5, 5.41) is 3.97. The highest BCUT2D eigenvalue weighted by Crippen LogP contribution is 2.49. The molecule has 0 spiro atoms. The monoisotopic (exact) mass is 259 g/mol. The Hall–Kier alpha value is -0.610. The van der Waals surface area contributed by atoms with Crippen LogP contribution in [-0.4, -0.2) is 15.7 Å². The summed E-state index contributed by atoms with van der Waals surface area (Å²) in [5.41, 5.74) is 6.38. The number of halogens is 1. The maximum atomic E-state index is 6.34. The fourth-order valence-electron chi connectivity index (χ4n) is 2.63. The molecule has 1 aliphatic rings. The van der Waals surface area contributed by atoms with Crippen LogP contribution in [0.25, 0.3) is 0 Å². The fraction of sp³-hybridized carbons (Fsp3) is 0.833. The Morgan fingerprint density at radius 2 is 2.06 bits per heavy atom. The summed E-state index contributed by atoms with van der Waals surface area (Å²) < 4.78 is 5.00. The van der Waals surface area contributed by atoms with Crippen molar-refractivity contribution in [2.45, 2.75) is 52.5 Å². The zero-order chi connectivity index (χ0) is 12.0. The minimum atomic E-state index is -0.0869. The van der Waals surface area contributed by atoms with Crippen molar-refractivity contribution in [3.63, 3.8) is 0 Å². The van der Waals surface area contributed by atoms with Crippen LogP contribution in [-0.2, 0) is 6.42 Å². The van der Waals surface area contributed by atoms with Crippen molar-refractivity contribution in [2.24, 2.45) is 17.1 Å². The average Bonchev–Trinajstić information content (AvgIpc) is 2.64. The molecule has 98 valence electrons. The number of aromatic nitrogens is 2. The van der Waals surface area contributed by atoms with E-state index in [9.17, 15) is 0 Å². The van der Waals surface area contributed by atoms with Crippen LogP contribution < -0.4 is 5.73 Å². The maximum absolute atomic E-state index is 6.34. The summed E-state index contributed by atoms with van der Waals surface area (Å²) in [6.07, 6.45) is 3.09. The number of nitrogens with two attached hydrogens (primary N) is 1. The summed E-state index contributed by atoms with van der Waals surface area (Å²) in [4.78, 5) is 4.27. The molecule has 17 heavy (non-hydrogen) atoms. The van der Waals surface area contributed by atoms with Crippen LogP contribution in [0.4, 0.5) is 0 Å². The molecular formula is C12H22ClN3O. The molecule has 5 heteroatoms. The molecule has 0 aromatic carbocycles. The molecule has 0 aliphatic heterocycles. The van der Waals surface area contributed by atoms with Crippen molar-refractivity contribution in [1.82, 2.24) is 10.1 Å². The van der Waals surface area contributed by atoms with Gasteiger partial charge in [0.05, 0.1) is 0 Å². The minimum absolute atomic E-state index is 0. The van der Waals surface area contributed by atoms with Gasteiger partial charge in [0.25, 0.3) is 0 Å². The van der Waals surface area contributed by atoms with Gasteiger partial charge < -0.3 is 10.3 Å². The number of nitrogens with zero attached hydrogens (tertiary/aromatic N) is 2. The first kappa shape index (κ1) is 14.5. The molecule has 0 radical (unpaired) electrons. The Morgan fingerprint density at radius 1 is 1.41 bits per heavy atom. The molecule has 1 aromatic rings. The summed E-state index contributed by atoms with van der Waals surface area (Å²) in [6.45, 7) is 8.47. The molecule has 1 fully saturated rings. The fourth-order valence-corrected chi connectivity index (χ4v) is 2.63. The first-order chi connectivity index (χ1) is 7.33. The Labute approximate surface area is 109 Å². The zero-order valence-corrected chi connectivity index (χ0v) is 11.8. The van der Waals surface area contributed by atoms with E-state index >= 15 is 0 Å². The molecule has 0 saturated heterocycles. The highest BCUT2D eigenvalue weighted by atomic mass is 35.5. The van der Waals surface area contributed by atoms with Gasteiger partial charge in [-0.3, -0.25) is 0 Å². The van der Waals surface area contributed by atoms with E-state index in [1.807, 2.05) is 6.92 Å². The summed E-state index contributed by atoms with van der Waals surface area (Å²) in [6, 6.07) is 0. The Kier molecular flexibility index (Phi) is 3.89. The topological polar surface area (TPSA) is 64.9 Å². The maximum Gasteiger partial charge on any atom is 0.223 e. The van der Waals surface area contributed by atoms with Gasteiger partial charge in [0.15, 0.2) is 5.82 Å². The number of hydrogen-bond acceptors (Lipinski definition) is 4. The third-order valence-corrected chi connectivity index (χ3v) is 4.50. The lowest BCUT2D eigenvalue weighted by molar-refractivity contribution is 0.162. The van der Waals surface area contributed by atoms with Gasteiger partial charge in [-0.05, 0) is 31.1 Å². The molecule has 2 atom stereocenters. The first-order valence-corrected chi connectivity index (χ1v) is 5.91. The lowest BCUT2D eigenvalue weighted by Crippen LogP contribution is -2.48. The van der Waals surface area contributed by atoms with E-state index in [1.54, 1.807) is 0 Å². The van der Waals surface area contributed by atoms with E-state index in [0.29, 0.717) is 11.8 Å². The largest absolute Gasteiger partial charge is 0.340 e. The van der Waals surface area contributed by atoms with Crippen molar-refractivity contribution in [3.05, 3.63) is 11.7 Å². The Balaban J connectivity index is 0.00000144. The number of hydrogen-bond donors (Lipinski definition) is 1. The van der Waals surface area contributed by atoms with Crippen LogP contribution in [0.2, 0.25) is 0 Å². The van der Waals surface area contributed by atoms with E-state index in [1.165, 1.54) is 0 Å². The zero-order valence-electron chi connectivity index (χ0n) is 11.0. The molecule has 0 amide bonds. The highest BCUT2D eigenvalue weighted by Gasteiger charge is 2.49. The van der Waals surface area contributed by atoms with E-state index in [0.717, 1.165) is 25.1 Å². The van der Waals surface area contributed by atoms with Gasteiger partial charge >= 0.3 is 0 Å². The van der Waals surface area contributed by atoms with E-state index < -0.39 is 0 Å². The van der Waals surface area contributed by atoms with Gasteiger partial charge in [-0.25, -0.2) is 0 Å². The lowest BCUT2D eigenvalue weighted by Gasteiger charge is -2.38. The predicted molar refractivity (Wildman–Crippen MR) is 69.1 cm³/mol. The molecule has 1 aliphatic carbocycles. The van der Waals surface area contributed by atoms with Gasteiger partial charge in [-0.2, -0.15) is 4.98 Å². The van der Waals surface area contributed by atoms with Crippen LogP contribution in [0.5, 0.6) is 0 Å². The standard InChI is InChI=1S/C12H21N3O.ClH/c1-8-14-10(15-16-8)7-9-5-6-12(4,13)11(9,2)3;/h9H,5-7,13H2,1-4H3;1H/t9-,12-;/m1./s1. The van der Waals surface area contributed by atoms with E-state index in [-0.39, 0.29) is 23.4 Å². The predicted octanol–water partition coefficient (Wildman–Crippen LogP) is 2.50. The molecule has 1 saturated carbocycles. The van der Waals surface area contributed by atoms with Gasteiger partial charge in [0.2, 0.25) is 5.89 Å². The average molecular weight is 260 g/mol. The quantitative estimate of drug-likeness (QED) is 0.886. The smallest absolute Gasteiger partial charge is 0.223 e. The van der Waals surface area contributed by atoms with Crippen molar-refractivity contribution < 1.29 is 4.52 Å². The molecule has 1 heterocycles. The minimum Gasteiger partial charge on any atom is -0.340 e. The lowest BCUT2D eigenvalue weighted by atomic mass is 9.71. The van der Waals surface area contributed by atoms with Crippen molar-refractivity contribution >= 4 is 12.4 Å². The van der Waals surface area contributed by atoms with Crippen molar-refractivity contribution in [3.8, 4) is 0 Å². The SMILES string of the molecule is Cc1nc(C[C@H]2CC[C@@](C)(N)C2(C)C)no1.Cl. The van der Waals surface area contributed by atoms with Gasteiger partial charge in [0.1, 0.15) is 0 Å². The second-order valence-electron chi connectivity index (χ2n) is 5.81. The number of rotatable bonds is 2. The Bertz CT molecular complexity index is 387. The molecule has 2 N–H and O–H groups in total. The van der Waals surface area contributed by atoms with Crippen LogP contribution >= 0.6 is 12.4 Å². The van der Waals surface area contributed by atoms with Crippen molar-refractivity contribution in [2.75, 3.05) is 0 Å². The third kappa shape index (κ3) is 2.47. The molecule has 2 rings (SSSR count). The van der Waals surface area contributed by atoms with Crippen LogP contribution in [0.1, 0.15) is 45.3 Å². The van der Waals surface area contributed by atoms with Gasteiger partial charge in [-0.1, -0.05) is 19.0 Å². The summed E-state index contributed by atoms with van der Waals surface area (Å²) >= 11 is 0. The van der Waals surface area contributed by atoms with Gasteiger partial charge in [0, 0.05) is 18.9 Å². The third-order valence-electron chi connectivity index (χ3n) is 4.50. The number of aryl methyl sites for hydroxylation is 1. The van der Waals surface area contributed by atoms with E-state index in [4.69, 9.17) is 10.3 Å². The van der Waals surface area contributed by atoms with Crippen molar-refractivity contribution in [1.29, 1.82) is 0 Å². The van der Waals surface area contributed by atoms with E-state index in [2.05, 4.69) is 30.9 Å². The summed E-state index contributed by atoms with van der Waals surface area (Å²) in [5.74, 6) is 1.99. The first-order valence-electron chi connectivity index (χ1n) is 5.91. The molecular weight excluding hydrogens is 238 g/mol. The molecule has 0 bridgehead atoms.